The molecule has 1 rings (SSSR count). The van der Waals surface area contributed by atoms with Gasteiger partial charge in [-0.3, -0.25) is 0 Å². The summed E-state index contributed by atoms with van der Waals surface area (Å²) in [7, 11) is 3.17. The third-order valence-electron chi connectivity index (χ3n) is 2.57. The van der Waals surface area contributed by atoms with Gasteiger partial charge in [0, 0.05) is 24.8 Å². The molecule has 0 spiro atoms. The fourth-order valence-electron chi connectivity index (χ4n) is 1.53. The summed E-state index contributed by atoms with van der Waals surface area (Å²) in [5, 5.41) is 0. The van der Waals surface area contributed by atoms with E-state index in [0.717, 1.165) is 5.56 Å². The van der Waals surface area contributed by atoms with Crippen molar-refractivity contribution in [2.75, 3.05) is 26.4 Å². The topological polar surface area (TPSA) is 38.5 Å². The Morgan fingerprint density at radius 2 is 2.00 bits per heavy atom. The molecule has 0 aromatic heterocycles. The van der Waals surface area contributed by atoms with Gasteiger partial charge >= 0.3 is 6.18 Å². The van der Waals surface area contributed by atoms with E-state index >= 15 is 0 Å². The van der Waals surface area contributed by atoms with E-state index < -0.39 is 12.6 Å². The molecule has 0 atom stereocenters. The van der Waals surface area contributed by atoms with Crippen LogP contribution in [0.25, 0.3) is 0 Å². The highest BCUT2D eigenvalue weighted by Gasteiger charge is 2.27. The number of nitrogen functional groups attached to an aromatic ring is 1. The van der Waals surface area contributed by atoms with Gasteiger partial charge in [0.1, 0.15) is 5.75 Å². The van der Waals surface area contributed by atoms with E-state index in [1.807, 2.05) is 0 Å². The maximum Gasteiger partial charge on any atom is 0.390 e. The van der Waals surface area contributed by atoms with E-state index in [0.29, 0.717) is 18.0 Å². The molecule has 3 nitrogen and oxygen atoms in total. The Bertz CT molecular complexity index is 393. The molecule has 0 bridgehead atoms. The van der Waals surface area contributed by atoms with E-state index in [1.165, 1.54) is 7.11 Å². The first-order valence-corrected chi connectivity index (χ1v) is 5.49. The summed E-state index contributed by atoms with van der Waals surface area (Å²) >= 11 is 0. The molecule has 0 fully saturated rings. The Labute approximate surface area is 104 Å². The molecule has 18 heavy (non-hydrogen) atoms. The highest BCUT2D eigenvalue weighted by Crippen LogP contribution is 2.22. The zero-order valence-corrected chi connectivity index (χ0v) is 10.4. The van der Waals surface area contributed by atoms with Crippen molar-refractivity contribution in [3.05, 3.63) is 23.8 Å². The van der Waals surface area contributed by atoms with Crippen molar-refractivity contribution in [3.8, 4) is 5.75 Å². The number of nitrogens with two attached hydrogens (primary N) is 1. The molecule has 0 saturated heterocycles. The summed E-state index contributed by atoms with van der Waals surface area (Å²) in [5.41, 5.74) is 7.11. The molecule has 0 amide bonds. The number of hydrogen-bond donors (Lipinski definition) is 1. The van der Waals surface area contributed by atoms with E-state index in [9.17, 15) is 13.2 Å². The second kappa shape index (κ2) is 5.95. The monoisotopic (exact) mass is 262 g/mol. The van der Waals surface area contributed by atoms with Gasteiger partial charge < -0.3 is 15.4 Å². The lowest BCUT2D eigenvalue weighted by Crippen LogP contribution is -2.24. The van der Waals surface area contributed by atoms with E-state index in [-0.39, 0.29) is 6.54 Å². The van der Waals surface area contributed by atoms with E-state index in [4.69, 9.17) is 10.5 Å². The maximum atomic E-state index is 12.1. The summed E-state index contributed by atoms with van der Waals surface area (Å²) < 4.78 is 41.2. The van der Waals surface area contributed by atoms with Gasteiger partial charge in [-0.1, -0.05) is 6.07 Å². The minimum absolute atomic E-state index is 0.0467. The number of nitrogens with zero attached hydrogens (tertiary/aromatic N) is 1. The Morgan fingerprint density at radius 1 is 1.33 bits per heavy atom. The highest BCUT2D eigenvalue weighted by molar-refractivity contribution is 5.51. The van der Waals surface area contributed by atoms with Gasteiger partial charge in [-0.15, -0.1) is 0 Å². The van der Waals surface area contributed by atoms with Gasteiger partial charge in [-0.25, -0.2) is 0 Å². The number of ether oxygens (including phenoxy) is 1. The largest absolute Gasteiger partial charge is 0.497 e. The first-order valence-electron chi connectivity index (χ1n) is 5.49. The third kappa shape index (κ3) is 4.83. The van der Waals surface area contributed by atoms with Crippen molar-refractivity contribution in [1.29, 1.82) is 0 Å². The molecule has 102 valence electrons. The molecule has 1 aromatic rings. The number of rotatable bonds is 5. The lowest BCUT2D eigenvalue weighted by atomic mass is 10.1. The summed E-state index contributed by atoms with van der Waals surface area (Å²) in [4.78, 5) is 1.59. The number of halogens is 3. The Balaban J connectivity index is 2.56. The lowest BCUT2D eigenvalue weighted by Gasteiger charge is -2.19. The number of benzene rings is 1. The van der Waals surface area contributed by atoms with Crippen LogP contribution in [0.1, 0.15) is 12.0 Å². The van der Waals surface area contributed by atoms with Crippen LogP contribution in [0.15, 0.2) is 18.2 Å². The summed E-state index contributed by atoms with van der Waals surface area (Å²) in [6.45, 7) is 0.334. The molecule has 1 aromatic carbocycles. The molecule has 0 unspecified atom stereocenters. The number of hydrogen-bond acceptors (Lipinski definition) is 3. The molecule has 2 N–H and O–H groups in total. The fourth-order valence-corrected chi connectivity index (χ4v) is 1.53. The van der Waals surface area contributed by atoms with Crippen molar-refractivity contribution in [2.45, 2.75) is 19.1 Å². The van der Waals surface area contributed by atoms with E-state index in [2.05, 4.69) is 0 Å². The lowest BCUT2D eigenvalue weighted by molar-refractivity contribution is -0.137. The van der Waals surface area contributed by atoms with Gasteiger partial charge in [-0.05, 0) is 18.7 Å². The average Bonchev–Trinajstić information content (AvgIpc) is 2.28. The molecule has 0 aliphatic carbocycles. The van der Waals surface area contributed by atoms with Gasteiger partial charge in [0.05, 0.1) is 13.5 Å². The molecule has 0 aliphatic rings. The van der Waals surface area contributed by atoms with Gasteiger partial charge in [0.2, 0.25) is 0 Å². The fraction of sp³-hybridized carbons (Fsp3) is 0.500. The van der Waals surface area contributed by atoms with Crippen LogP contribution in [0, 0.1) is 0 Å². The zero-order chi connectivity index (χ0) is 13.8. The minimum Gasteiger partial charge on any atom is -0.497 e. The van der Waals surface area contributed by atoms with Crippen LogP contribution in [-0.2, 0) is 6.54 Å². The normalized spacial score (nSPS) is 11.9. The predicted molar refractivity (Wildman–Crippen MR) is 64.4 cm³/mol. The van der Waals surface area contributed by atoms with Crippen LogP contribution in [0.2, 0.25) is 0 Å². The van der Waals surface area contributed by atoms with Gasteiger partial charge in [0.15, 0.2) is 0 Å². The predicted octanol–water partition coefficient (Wildman–Crippen LogP) is 2.66. The second-order valence-corrected chi connectivity index (χ2v) is 4.17. The second-order valence-electron chi connectivity index (χ2n) is 4.17. The van der Waals surface area contributed by atoms with Crippen molar-refractivity contribution >= 4 is 5.69 Å². The van der Waals surface area contributed by atoms with Crippen LogP contribution in [0.4, 0.5) is 18.9 Å². The first-order chi connectivity index (χ1) is 8.31. The average molecular weight is 262 g/mol. The van der Waals surface area contributed by atoms with Crippen LogP contribution >= 0.6 is 0 Å². The van der Waals surface area contributed by atoms with Crippen molar-refractivity contribution in [3.63, 3.8) is 0 Å². The summed E-state index contributed by atoms with van der Waals surface area (Å²) in [5.74, 6) is 0.634. The third-order valence-corrected chi connectivity index (χ3v) is 2.57. The summed E-state index contributed by atoms with van der Waals surface area (Å²) in [6.07, 6.45) is -4.95. The maximum absolute atomic E-state index is 12.1. The first kappa shape index (κ1) is 14.6. The van der Waals surface area contributed by atoms with Crippen LogP contribution in [0.5, 0.6) is 5.75 Å². The number of anilines is 1. The van der Waals surface area contributed by atoms with Crippen molar-refractivity contribution in [2.24, 2.45) is 0 Å². The van der Waals surface area contributed by atoms with Crippen molar-refractivity contribution < 1.29 is 17.9 Å². The molecular formula is C12H17F3N2O. The Hall–Kier alpha value is -1.43. The standard InChI is InChI=1S/C12H17F3N2O/c1-17(6-5-12(13,14)15)8-9-3-4-10(18-2)7-11(9)16/h3-4,7H,5-6,8,16H2,1-2H3. The Morgan fingerprint density at radius 3 is 2.50 bits per heavy atom. The molecule has 6 heteroatoms. The molecule has 0 saturated carbocycles. The van der Waals surface area contributed by atoms with Crippen LogP contribution in [0.3, 0.4) is 0 Å². The number of methoxy groups -OCH3 is 1. The number of alkyl halides is 3. The van der Waals surface area contributed by atoms with E-state index in [1.54, 1.807) is 30.1 Å². The molecule has 0 aliphatic heterocycles. The smallest absolute Gasteiger partial charge is 0.390 e. The zero-order valence-electron chi connectivity index (χ0n) is 10.4. The quantitative estimate of drug-likeness (QED) is 0.829. The van der Waals surface area contributed by atoms with Crippen LogP contribution < -0.4 is 10.5 Å². The van der Waals surface area contributed by atoms with Gasteiger partial charge in [0.25, 0.3) is 0 Å². The Kier molecular flexibility index (Phi) is 4.84. The molecular weight excluding hydrogens is 245 g/mol. The summed E-state index contributed by atoms with van der Waals surface area (Å²) in [6, 6.07) is 5.16. The molecule has 0 radical (unpaired) electrons. The SMILES string of the molecule is COc1ccc(CN(C)CCC(F)(F)F)c(N)c1. The minimum atomic E-state index is -4.13. The van der Waals surface area contributed by atoms with Crippen LogP contribution in [-0.4, -0.2) is 31.8 Å². The molecule has 0 heterocycles. The van der Waals surface area contributed by atoms with Crippen molar-refractivity contribution in [1.82, 2.24) is 4.90 Å². The van der Waals surface area contributed by atoms with Gasteiger partial charge in [-0.2, -0.15) is 13.2 Å². The highest BCUT2D eigenvalue weighted by atomic mass is 19.4.